The molecular formula is C15H20O4. The van der Waals surface area contributed by atoms with Gasteiger partial charge in [-0.05, 0) is 17.7 Å². The van der Waals surface area contributed by atoms with Crippen molar-refractivity contribution in [1.29, 1.82) is 0 Å². The summed E-state index contributed by atoms with van der Waals surface area (Å²) in [5.41, 5.74) is 1.94. The Morgan fingerprint density at radius 3 is 2.68 bits per heavy atom. The third-order valence-corrected chi connectivity index (χ3v) is 2.31. The zero-order valence-corrected chi connectivity index (χ0v) is 11.2. The first-order valence-electron chi connectivity index (χ1n) is 6.20. The van der Waals surface area contributed by atoms with Gasteiger partial charge in [0.25, 0.3) is 0 Å². The maximum atomic E-state index is 8.64. The third kappa shape index (κ3) is 7.60. The standard InChI is InChI=1S/C15H20O4/c1-17-8-9-18-10-11-19-13-15-5-2-4-14(12-15)6-3-7-16/h2,4-5,12,16H,7-11,13H2,1H3. The molecule has 0 fully saturated rings. The molecule has 0 bridgehead atoms. The van der Waals surface area contributed by atoms with Crippen molar-refractivity contribution < 1.29 is 19.3 Å². The molecule has 0 aliphatic rings. The van der Waals surface area contributed by atoms with Crippen LogP contribution < -0.4 is 0 Å². The van der Waals surface area contributed by atoms with Crippen LogP contribution in [0.4, 0.5) is 0 Å². The molecule has 0 aromatic heterocycles. The van der Waals surface area contributed by atoms with Crippen molar-refractivity contribution in [2.75, 3.05) is 40.1 Å². The van der Waals surface area contributed by atoms with Gasteiger partial charge in [0.15, 0.2) is 0 Å². The summed E-state index contributed by atoms with van der Waals surface area (Å²) < 4.78 is 15.7. The van der Waals surface area contributed by atoms with Gasteiger partial charge >= 0.3 is 0 Å². The molecule has 0 unspecified atom stereocenters. The van der Waals surface area contributed by atoms with Crippen LogP contribution in [-0.2, 0) is 20.8 Å². The SMILES string of the molecule is COCCOCCOCc1cccc(C#CCO)c1. The maximum Gasteiger partial charge on any atom is 0.104 e. The Bertz CT molecular complexity index is 406. The molecule has 0 aliphatic carbocycles. The molecular weight excluding hydrogens is 244 g/mol. The van der Waals surface area contributed by atoms with E-state index >= 15 is 0 Å². The van der Waals surface area contributed by atoms with Crippen LogP contribution in [0, 0.1) is 11.8 Å². The lowest BCUT2D eigenvalue weighted by Crippen LogP contribution is -2.08. The lowest BCUT2D eigenvalue weighted by atomic mass is 10.1. The fourth-order valence-electron chi connectivity index (χ4n) is 1.43. The summed E-state index contributed by atoms with van der Waals surface area (Å²) in [7, 11) is 1.65. The van der Waals surface area contributed by atoms with Gasteiger partial charge in [0.05, 0.1) is 33.0 Å². The zero-order chi connectivity index (χ0) is 13.8. The predicted octanol–water partition coefficient (Wildman–Crippen LogP) is 1.21. The first-order chi connectivity index (χ1) is 9.36. The molecule has 0 aliphatic heterocycles. The van der Waals surface area contributed by atoms with E-state index in [9.17, 15) is 0 Å². The molecule has 4 heteroatoms. The molecule has 0 saturated carbocycles. The number of benzene rings is 1. The average Bonchev–Trinajstić information content (AvgIpc) is 2.44. The van der Waals surface area contributed by atoms with E-state index in [0.29, 0.717) is 33.0 Å². The number of hydrogen-bond acceptors (Lipinski definition) is 4. The van der Waals surface area contributed by atoms with Crippen molar-refractivity contribution in [3.8, 4) is 11.8 Å². The van der Waals surface area contributed by atoms with Crippen LogP contribution in [-0.4, -0.2) is 45.3 Å². The quantitative estimate of drug-likeness (QED) is 0.566. The van der Waals surface area contributed by atoms with Gasteiger partial charge in [-0.1, -0.05) is 24.0 Å². The van der Waals surface area contributed by atoms with Crippen molar-refractivity contribution in [2.24, 2.45) is 0 Å². The number of hydrogen-bond donors (Lipinski definition) is 1. The van der Waals surface area contributed by atoms with Gasteiger partial charge in [-0.2, -0.15) is 0 Å². The molecule has 19 heavy (non-hydrogen) atoms. The van der Waals surface area contributed by atoms with Crippen molar-refractivity contribution in [3.63, 3.8) is 0 Å². The van der Waals surface area contributed by atoms with E-state index in [2.05, 4.69) is 11.8 Å². The van der Waals surface area contributed by atoms with Crippen molar-refractivity contribution in [2.45, 2.75) is 6.61 Å². The zero-order valence-electron chi connectivity index (χ0n) is 11.2. The number of methoxy groups -OCH3 is 1. The molecule has 0 spiro atoms. The molecule has 104 valence electrons. The number of aliphatic hydroxyl groups excluding tert-OH is 1. The Hall–Kier alpha value is -1.38. The van der Waals surface area contributed by atoms with Crippen LogP contribution >= 0.6 is 0 Å². The first-order valence-corrected chi connectivity index (χ1v) is 6.20. The van der Waals surface area contributed by atoms with Crippen LogP contribution in [0.3, 0.4) is 0 Å². The molecule has 1 N–H and O–H groups in total. The molecule has 0 saturated heterocycles. The Morgan fingerprint density at radius 2 is 1.89 bits per heavy atom. The average molecular weight is 264 g/mol. The lowest BCUT2D eigenvalue weighted by molar-refractivity contribution is 0.0199. The fourth-order valence-corrected chi connectivity index (χ4v) is 1.43. The third-order valence-electron chi connectivity index (χ3n) is 2.31. The molecule has 1 rings (SSSR count). The normalized spacial score (nSPS) is 10.0. The van der Waals surface area contributed by atoms with Crippen molar-refractivity contribution >= 4 is 0 Å². The van der Waals surface area contributed by atoms with Crippen molar-refractivity contribution in [1.82, 2.24) is 0 Å². The summed E-state index contributed by atoms with van der Waals surface area (Å²) in [4.78, 5) is 0. The molecule has 4 nitrogen and oxygen atoms in total. The number of ether oxygens (including phenoxy) is 3. The van der Waals surface area contributed by atoms with E-state index < -0.39 is 0 Å². The smallest absolute Gasteiger partial charge is 0.104 e. The summed E-state index contributed by atoms with van der Waals surface area (Å²) in [6.45, 7) is 2.71. The van der Waals surface area contributed by atoms with Crippen LogP contribution in [0.5, 0.6) is 0 Å². The van der Waals surface area contributed by atoms with Gasteiger partial charge in [0, 0.05) is 12.7 Å². The van der Waals surface area contributed by atoms with E-state index in [0.717, 1.165) is 11.1 Å². The van der Waals surface area contributed by atoms with E-state index in [4.69, 9.17) is 19.3 Å². The Labute approximate surface area is 114 Å². The topological polar surface area (TPSA) is 47.9 Å². The Morgan fingerprint density at radius 1 is 1.11 bits per heavy atom. The van der Waals surface area contributed by atoms with E-state index in [1.807, 2.05) is 24.3 Å². The summed E-state index contributed by atoms with van der Waals surface area (Å²) >= 11 is 0. The predicted molar refractivity (Wildman–Crippen MR) is 72.8 cm³/mol. The Balaban J connectivity index is 2.22. The Kier molecular flexibility index (Phi) is 8.69. The minimum atomic E-state index is -0.125. The molecule has 0 heterocycles. The van der Waals surface area contributed by atoms with Gasteiger partial charge in [0.1, 0.15) is 6.61 Å². The van der Waals surface area contributed by atoms with Crippen LogP contribution in [0.25, 0.3) is 0 Å². The second-order valence-electron chi connectivity index (χ2n) is 3.82. The second-order valence-corrected chi connectivity index (χ2v) is 3.82. The molecule has 1 aromatic carbocycles. The summed E-state index contributed by atoms with van der Waals surface area (Å²) in [5, 5.41) is 8.64. The first kappa shape index (κ1) is 15.7. The van der Waals surface area contributed by atoms with Crippen LogP contribution in [0.1, 0.15) is 11.1 Å². The summed E-state index contributed by atoms with van der Waals surface area (Å²) in [6.07, 6.45) is 0. The largest absolute Gasteiger partial charge is 0.384 e. The van der Waals surface area contributed by atoms with E-state index in [1.165, 1.54) is 0 Å². The van der Waals surface area contributed by atoms with Crippen molar-refractivity contribution in [3.05, 3.63) is 35.4 Å². The summed E-state index contributed by atoms with van der Waals surface area (Å²) in [5.74, 6) is 5.49. The lowest BCUT2D eigenvalue weighted by Gasteiger charge is -2.06. The highest BCUT2D eigenvalue weighted by atomic mass is 16.5. The van der Waals surface area contributed by atoms with Gasteiger partial charge in [-0.25, -0.2) is 0 Å². The monoisotopic (exact) mass is 264 g/mol. The minimum Gasteiger partial charge on any atom is -0.384 e. The maximum absolute atomic E-state index is 8.64. The van der Waals surface area contributed by atoms with Crippen LogP contribution in [0.15, 0.2) is 24.3 Å². The van der Waals surface area contributed by atoms with Gasteiger partial charge in [0.2, 0.25) is 0 Å². The highest BCUT2D eigenvalue weighted by Crippen LogP contribution is 2.05. The molecule has 0 atom stereocenters. The molecule has 0 radical (unpaired) electrons. The van der Waals surface area contributed by atoms with Gasteiger partial charge in [-0.3, -0.25) is 0 Å². The highest BCUT2D eigenvalue weighted by Gasteiger charge is 1.95. The van der Waals surface area contributed by atoms with Gasteiger partial charge in [-0.15, -0.1) is 0 Å². The number of aliphatic hydroxyl groups is 1. The fraction of sp³-hybridized carbons (Fsp3) is 0.467. The van der Waals surface area contributed by atoms with E-state index in [1.54, 1.807) is 7.11 Å². The highest BCUT2D eigenvalue weighted by molar-refractivity contribution is 5.36. The minimum absolute atomic E-state index is 0.125. The summed E-state index contributed by atoms with van der Waals surface area (Å²) in [6, 6.07) is 7.76. The molecule has 1 aromatic rings. The second kappa shape index (κ2) is 10.5. The van der Waals surface area contributed by atoms with Crippen LogP contribution in [0.2, 0.25) is 0 Å². The molecule has 0 amide bonds. The van der Waals surface area contributed by atoms with Gasteiger partial charge < -0.3 is 19.3 Å². The number of rotatable bonds is 8. The van der Waals surface area contributed by atoms with E-state index in [-0.39, 0.29) is 6.61 Å².